The van der Waals surface area contributed by atoms with Crippen LogP contribution >= 0.6 is 0 Å². The van der Waals surface area contributed by atoms with Crippen molar-refractivity contribution in [1.29, 1.82) is 0 Å². The van der Waals surface area contributed by atoms with Crippen LogP contribution in [0.2, 0.25) is 0 Å². The fourth-order valence-electron chi connectivity index (χ4n) is 7.71. The predicted octanol–water partition coefficient (Wildman–Crippen LogP) is 11.9. The van der Waals surface area contributed by atoms with Crippen molar-refractivity contribution < 1.29 is 0 Å². The quantitative estimate of drug-likeness (QED) is 0.183. The Hall–Kier alpha value is -6.12. The van der Waals surface area contributed by atoms with Gasteiger partial charge in [-0.1, -0.05) is 133 Å². The highest BCUT2D eigenvalue weighted by atomic mass is 15.0. The second-order valence-electron chi connectivity index (χ2n) is 12.1. The molecule has 0 atom stereocenters. The number of rotatable bonds is 3. The molecule has 8 aromatic carbocycles. The number of aromatic nitrogens is 2. The molecule has 214 valence electrons. The van der Waals surface area contributed by atoms with Gasteiger partial charge in [0, 0.05) is 38.2 Å². The van der Waals surface area contributed by atoms with E-state index in [1.807, 2.05) is 0 Å². The van der Waals surface area contributed by atoms with Crippen molar-refractivity contribution in [2.45, 2.75) is 0 Å². The van der Waals surface area contributed by atoms with E-state index in [2.05, 4.69) is 179 Å². The van der Waals surface area contributed by atoms with Gasteiger partial charge in [-0.3, -0.25) is 0 Å². The molecule has 0 bridgehead atoms. The maximum absolute atomic E-state index is 2.51. The van der Waals surface area contributed by atoms with Crippen LogP contribution in [0.15, 0.2) is 170 Å². The molecule has 2 heteroatoms. The van der Waals surface area contributed by atoms with Crippen LogP contribution in [0.1, 0.15) is 0 Å². The first-order valence-corrected chi connectivity index (χ1v) is 15.9. The van der Waals surface area contributed by atoms with Gasteiger partial charge in [-0.2, -0.15) is 0 Å². The molecule has 0 aliphatic rings. The number of para-hydroxylation sites is 4. The Morgan fingerprint density at radius 2 is 0.913 bits per heavy atom. The maximum Gasteiger partial charge on any atom is 0.0619 e. The fraction of sp³-hybridized carbons (Fsp3) is 0. The summed E-state index contributed by atoms with van der Waals surface area (Å²) in [5.41, 5.74) is 9.66. The van der Waals surface area contributed by atoms with Gasteiger partial charge in [-0.05, 0) is 58.1 Å². The molecule has 2 heterocycles. The molecule has 0 unspecified atom stereocenters. The lowest BCUT2D eigenvalue weighted by atomic mass is 9.99. The molecule has 0 aliphatic carbocycles. The first-order valence-electron chi connectivity index (χ1n) is 15.9. The SMILES string of the molecule is c1ccc(-n2c3ccccc3c3ccc(-c4cccc5c6ccccc6n(-c6cc7ccccc7c7ccccc67)c45)cc32)cc1. The third kappa shape index (κ3) is 3.53. The van der Waals surface area contributed by atoms with E-state index < -0.39 is 0 Å². The van der Waals surface area contributed by atoms with Crippen molar-refractivity contribution in [1.82, 2.24) is 9.13 Å². The largest absolute Gasteiger partial charge is 0.309 e. The third-order valence-corrected chi connectivity index (χ3v) is 9.68. The number of hydrogen-bond donors (Lipinski definition) is 0. The molecule has 0 fully saturated rings. The minimum absolute atomic E-state index is 1.17. The van der Waals surface area contributed by atoms with Gasteiger partial charge in [-0.15, -0.1) is 0 Å². The first-order chi connectivity index (χ1) is 22.8. The van der Waals surface area contributed by atoms with Crippen LogP contribution in [0.3, 0.4) is 0 Å². The second-order valence-corrected chi connectivity index (χ2v) is 12.1. The lowest BCUT2D eigenvalue weighted by molar-refractivity contribution is 1.18. The summed E-state index contributed by atoms with van der Waals surface area (Å²) in [6.45, 7) is 0. The molecule has 0 amide bonds. The van der Waals surface area contributed by atoms with E-state index in [0.717, 1.165) is 0 Å². The zero-order chi connectivity index (χ0) is 30.2. The molecule has 10 rings (SSSR count). The third-order valence-electron chi connectivity index (χ3n) is 9.68. The smallest absolute Gasteiger partial charge is 0.0619 e. The van der Waals surface area contributed by atoms with Crippen LogP contribution in [-0.4, -0.2) is 9.13 Å². The molecular weight excluding hydrogens is 556 g/mol. The van der Waals surface area contributed by atoms with Crippen LogP contribution in [0.25, 0.3) is 87.7 Å². The Morgan fingerprint density at radius 1 is 0.326 bits per heavy atom. The summed E-state index contributed by atoms with van der Waals surface area (Å²) in [5.74, 6) is 0. The molecule has 0 radical (unpaired) electrons. The zero-order valence-electron chi connectivity index (χ0n) is 25.1. The summed E-state index contributed by atoms with van der Waals surface area (Å²) in [4.78, 5) is 0. The Morgan fingerprint density at radius 3 is 1.72 bits per heavy atom. The highest BCUT2D eigenvalue weighted by Crippen LogP contribution is 2.42. The molecule has 0 aliphatic heterocycles. The van der Waals surface area contributed by atoms with Crippen LogP contribution in [0.5, 0.6) is 0 Å². The highest BCUT2D eigenvalue weighted by molar-refractivity contribution is 6.18. The Labute approximate surface area is 266 Å². The normalized spacial score (nSPS) is 11.9. The molecule has 2 nitrogen and oxygen atoms in total. The van der Waals surface area contributed by atoms with Gasteiger partial charge in [0.25, 0.3) is 0 Å². The highest BCUT2D eigenvalue weighted by Gasteiger charge is 2.20. The monoisotopic (exact) mass is 584 g/mol. The van der Waals surface area contributed by atoms with E-state index in [0.29, 0.717) is 0 Å². The summed E-state index contributed by atoms with van der Waals surface area (Å²) in [5, 5.41) is 10.1. The van der Waals surface area contributed by atoms with Gasteiger partial charge in [0.1, 0.15) is 0 Å². The topological polar surface area (TPSA) is 9.86 Å². The summed E-state index contributed by atoms with van der Waals surface area (Å²) in [6.07, 6.45) is 0. The Balaban J connectivity index is 1.34. The fourth-order valence-corrected chi connectivity index (χ4v) is 7.71. The average molecular weight is 585 g/mol. The van der Waals surface area contributed by atoms with Gasteiger partial charge >= 0.3 is 0 Å². The van der Waals surface area contributed by atoms with Crippen molar-refractivity contribution in [3.8, 4) is 22.5 Å². The summed E-state index contributed by atoms with van der Waals surface area (Å²) in [6, 6.07) is 62.0. The number of fused-ring (bicyclic) bond motifs is 9. The minimum atomic E-state index is 1.17. The maximum atomic E-state index is 2.51. The molecule has 46 heavy (non-hydrogen) atoms. The van der Waals surface area contributed by atoms with Gasteiger partial charge in [0.15, 0.2) is 0 Å². The molecular formula is C44H28N2. The molecule has 0 saturated heterocycles. The minimum Gasteiger partial charge on any atom is -0.309 e. The van der Waals surface area contributed by atoms with Crippen LogP contribution < -0.4 is 0 Å². The van der Waals surface area contributed by atoms with Crippen molar-refractivity contribution >= 4 is 65.2 Å². The molecule has 10 aromatic rings. The van der Waals surface area contributed by atoms with Crippen molar-refractivity contribution in [2.24, 2.45) is 0 Å². The summed E-state index contributed by atoms with van der Waals surface area (Å²) >= 11 is 0. The van der Waals surface area contributed by atoms with Gasteiger partial charge in [0.05, 0.1) is 27.8 Å². The Bertz CT molecular complexity index is 2800. The molecule has 2 aromatic heterocycles. The summed E-state index contributed by atoms with van der Waals surface area (Å²) < 4.78 is 4.91. The first kappa shape index (κ1) is 25.2. The zero-order valence-corrected chi connectivity index (χ0v) is 25.1. The lowest BCUT2D eigenvalue weighted by Crippen LogP contribution is -1.98. The number of nitrogens with zero attached hydrogens (tertiary/aromatic N) is 2. The van der Waals surface area contributed by atoms with Crippen LogP contribution in [0.4, 0.5) is 0 Å². The summed E-state index contributed by atoms with van der Waals surface area (Å²) in [7, 11) is 0. The van der Waals surface area contributed by atoms with E-state index in [4.69, 9.17) is 0 Å². The Kier molecular flexibility index (Phi) is 5.31. The average Bonchev–Trinajstić information content (AvgIpc) is 3.64. The van der Waals surface area contributed by atoms with E-state index in [9.17, 15) is 0 Å². The predicted molar refractivity (Wildman–Crippen MR) is 196 cm³/mol. The van der Waals surface area contributed by atoms with E-state index in [1.165, 1.54) is 87.7 Å². The number of benzene rings is 8. The van der Waals surface area contributed by atoms with Gasteiger partial charge in [0.2, 0.25) is 0 Å². The standard InChI is InChI=1S/C44H28N2/c1-2-14-31(15-3-1)45-40-23-10-8-19-36(40)38-26-25-30(28-42(38)45)33-21-12-22-39-37-20-9-11-24-41(37)46(44(33)39)43-27-29-13-4-5-16-32(29)34-17-6-7-18-35(34)43/h1-28H. The molecule has 0 spiro atoms. The van der Waals surface area contributed by atoms with Crippen LogP contribution in [-0.2, 0) is 0 Å². The van der Waals surface area contributed by atoms with Crippen molar-refractivity contribution in [2.75, 3.05) is 0 Å². The van der Waals surface area contributed by atoms with E-state index in [1.54, 1.807) is 0 Å². The van der Waals surface area contributed by atoms with Gasteiger partial charge in [-0.25, -0.2) is 0 Å². The second kappa shape index (κ2) is 9.69. The van der Waals surface area contributed by atoms with Crippen molar-refractivity contribution in [3.63, 3.8) is 0 Å². The van der Waals surface area contributed by atoms with Gasteiger partial charge < -0.3 is 9.13 Å². The van der Waals surface area contributed by atoms with E-state index in [-0.39, 0.29) is 0 Å². The van der Waals surface area contributed by atoms with Crippen LogP contribution in [0, 0.1) is 0 Å². The lowest BCUT2D eigenvalue weighted by Gasteiger charge is -2.16. The molecule has 0 N–H and O–H groups in total. The van der Waals surface area contributed by atoms with E-state index >= 15 is 0 Å². The number of hydrogen-bond acceptors (Lipinski definition) is 0. The molecule has 0 saturated carbocycles. The van der Waals surface area contributed by atoms with Crippen molar-refractivity contribution in [3.05, 3.63) is 170 Å².